The largest absolute Gasteiger partial charge is 0.508 e. The van der Waals surface area contributed by atoms with E-state index in [-0.39, 0.29) is 15.8 Å². The summed E-state index contributed by atoms with van der Waals surface area (Å²) in [5, 5.41) is 12.8. The highest BCUT2D eigenvalue weighted by Crippen LogP contribution is 2.45. The van der Waals surface area contributed by atoms with Crippen LogP contribution in [0.1, 0.15) is 30.1 Å². The number of thioether (sulfide) groups is 1. The van der Waals surface area contributed by atoms with Crippen LogP contribution in [0.5, 0.6) is 5.75 Å². The zero-order valence-electron chi connectivity index (χ0n) is 8.79. The molecule has 0 saturated carbocycles. The Balaban J connectivity index is 2.42. The van der Waals surface area contributed by atoms with Gasteiger partial charge in [0.05, 0.1) is 5.69 Å². The number of alkyl halides is 1. The first kappa shape index (κ1) is 11.8. The number of hydrogen-bond acceptors (Lipinski definition) is 4. The predicted octanol–water partition coefficient (Wildman–Crippen LogP) is 3.57. The third-order valence-electron chi connectivity index (χ3n) is 2.35. The highest BCUT2D eigenvalue weighted by Gasteiger charge is 2.25. The topological polar surface area (TPSA) is 49.3 Å². The Morgan fingerprint density at radius 1 is 1.62 bits per heavy atom. The number of hydrogen-bond donors (Lipinski definition) is 2. The molecule has 16 heavy (non-hydrogen) atoms. The molecule has 1 aromatic rings. The number of phenolic OH excluding ortho intramolecular Hbond substituents is 1. The molecule has 1 heterocycles. The molecule has 1 aliphatic heterocycles. The molecule has 0 aliphatic carbocycles. The minimum atomic E-state index is 0.0671. The number of ketones is 1. The third kappa shape index (κ3) is 2.20. The standard InChI is InChI=1S/C11H12BrNO2S/c1-2-3-8(15)7-4-6(14)5-9-10(7)13-11(12)16-9/h4-5,11,13-14H,2-3H2,1H3. The molecule has 5 heteroatoms. The van der Waals surface area contributed by atoms with Crippen molar-refractivity contribution in [2.45, 2.75) is 28.9 Å². The van der Waals surface area contributed by atoms with Gasteiger partial charge in [0, 0.05) is 16.9 Å². The lowest BCUT2D eigenvalue weighted by Crippen LogP contribution is -2.06. The fourth-order valence-electron chi connectivity index (χ4n) is 1.68. The molecule has 0 bridgehead atoms. The molecule has 0 fully saturated rings. The van der Waals surface area contributed by atoms with Crippen molar-refractivity contribution in [2.24, 2.45) is 0 Å². The van der Waals surface area contributed by atoms with E-state index in [1.165, 1.54) is 6.07 Å². The molecule has 0 saturated heterocycles. The van der Waals surface area contributed by atoms with E-state index >= 15 is 0 Å². The molecule has 3 nitrogen and oxygen atoms in total. The summed E-state index contributed by atoms with van der Waals surface area (Å²) in [7, 11) is 0. The van der Waals surface area contributed by atoms with Gasteiger partial charge in [0.2, 0.25) is 0 Å². The fourth-order valence-corrected chi connectivity index (χ4v) is 3.39. The maximum absolute atomic E-state index is 11.9. The van der Waals surface area contributed by atoms with Crippen molar-refractivity contribution in [2.75, 3.05) is 5.32 Å². The number of fused-ring (bicyclic) bond motifs is 1. The number of anilines is 1. The van der Waals surface area contributed by atoms with E-state index < -0.39 is 0 Å². The monoisotopic (exact) mass is 301 g/mol. The van der Waals surface area contributed by atoms with Crippen LogP contribution in [-0.4, -0.2) is 15.2 Å². The minimum absolute atomic E-state index is 0.0671. The molecule has 0 radical (unpaired) electrons. The van der Waals surface area contributed by atoms with Crippen LogP contribution < -0.4 is 5.32 Å². The van der Waals surface area contributed by atoms with Gasteiger partial charge in [-0.15, -0.1) is 0 Å². The highest BCUT2D eigenvalue weighted by atomic mass is 79.9. The Morgan fingerprint density at radius 2 is 2.38 bits per heavy atom. The minimum Gasteiger partial charge on any atom is -0.508 e. The summed E-state index contributed by atoms with van der Waals surface area (Å²) < 4.78 is 0.0671. The maximum Gasteiger partial charge on any atom is 0.165 e. The average molecular weight is 302 g/mol. The summed E-state index contributed by atoms with van der Waals surface area (Å²) >= 11 is 4.97. The highest BCUT2D eigenvalue weighted by molar-refractivity contribution is 9.11. The van der Waals surface area contributed by atoms with Gasteiger partial charge in [0.15, 0.2) is 5.78 Å². The number of aromatic hydroxyl groups is 1. The van der Waals surface area contributed by atoms with Crippen LogP contribution in [-0.2, 0) is 0 Å². The first-order valence-corrected chi connectivity index (χ1v) is 6.89. The van der Waals surface area contributed by atoms with Gasteiger partial charge < -0.3 is 10.4 Å². The lowest BCUT2D eigenvalue weighted by Gasteiger charge is -2.08. The maximum atomic E-state index is 11.9. The summed E-state index contributed by atoms with van der Waals surface area (Å²) in [6, 6.07) is 3.21. The number of nitrogens with one attached hydrogen (secondary N) is 1. The number of carbonyl (C=O) groups excluding carboxylic acids is 1. The normalized spacial score (nSPS) is 18.0. The Labute approximate surface area is 107 Å². The van der Waals surface area contributed by atoms with E-state index in [1.54, 1.807) is 17.8 Å². The fraction of sp³-hybridized carbons (Fsp3) is 0.364. The zero-order chi connectivity index (χ0) is 11.7. The van der Waals surface area contributed by atoms with Gasteiger partial charge in [0.25, 0.3) is 0 Å². The van der Waals surface area contributed by atoms with E-state index in [0.717, 1.165) is 17.0 Å². The Kier molecular flexibility index (Phi) is 3.44. The predicted molar refractivity (Wildman–Crippen MR) is 69.5 cm³/mol. The molecule has 1 aromatic carbocycles. The van der Waals surface area contributed by atoms with E-state index in [2.05, 4.69) is 21.2 Å². The van der Waals surface area contributed by atoms with E-state index in [0.29, 0.717) is 12.0 Å². The molecule has 0 aromatic heterocycles. The Hall–Kier alpha value is -0.680. The Bertz CT molecular complexity index is 436. The van der Waals surface area contributed by atoms with Crippen molar-refractivity contribution in [1.82, 2.24) is 0 Å². The molecule has 0 spiro atoms. The number of Topliss-reactive ketones (excluding diaryl/α,β-unsaturated/α-hetero) is 1. The molecule has 1 unspecified atom stereocenters. The van der Waals surface area contributed by atoms with Gasteiger partial charge in [-0.2, -0.15) is 0 Å². The zero-order valence-corrected chi connectivity index (χ0v) is 11.2. The number of halogens is 1. The molecule has 0 amide bonds. The van der Waals surface area contributed by atoms with Crippen LogP contribution in [0.2, 0.25) is 0 Å². The van der Waals surface area contributed by atoms with Crippen LogP contribution in [0, 0.1) is 0 Å². The Morgan fingerprint density at radius 3 is 3.06 bits per heavy atom. The average Bonchev–Trinajstić information content (AvgIpc) is 2.57. The number of benzene rings is 1. The summed E-state index contributed by atoms with van der Waals surface area (Å²) in [6.07, 6.45) is 1.32. The number of phenols is 1. The van der Waals surface area contributed by atoms with Crippen LogP contribution in [0.4, 0.5) is 5.69 Å². The SMILES string of the molecule is CCCC(=O)c1cc(O)cc2c1NC(Br)S2. The summed E-state index contributed by atoms with van der Waals surface area (Å²) in [6.45, 7) is 1.97. The van der Waals surface area contributed by atoms with Gasteiger partial charge >= 0.3 is 0 Å². The molecule has 2 N–H and O–H groups in total. The van der Waals surface area contributed by atoms with Gasteiger partial charge in [-0.1, -0.05) is 34.6 Å². The van der Waals surface area contributed by atoms with Crippen molar-refractivity contribution in [3.63, 3.8) is 0 Å². The third-order valence-corrected chi connectivity index (χ3v) is 4.04. The molecule has 86 valence electrons. The number of carbonyl (C=O) groups is 1. The molecule has 1 atom stereocenters. The van der Waals surface area contributed by atoms with Crippen molar-refractivity contribution >= 4 is 39.2 Å². The van der Waals surface area contributed by atoms with Crippen molar-refractivity contribution < 1.29 is 9.90 Å². The van der Waals surface area contributed by atoms with Gasteiger partial charge in [-0.25, -0.2) is 0 Å². The lowest BCUT2D eigenvalue weighted by atomic mass is 10.0. The molecular formula is C11H12BrNO2S. The van der Waals surface area contributed by atoms with Gasteiger partial charge in [-0.3, -0.25) is 4.79 Å². The second-order valence-electron chi connectivity index (χ2n) is 3.62. The van der Waals surface area contributed by atoms with Crippen molar-refractivity contribution in [3.8, 4) is 5.75 Å². The van der Waals surface area contributed by atoms with Crippen LogP contribution in [0.25, 0.3) is 0 Å². The summed E-state index contributed by atoms with van der Waals surface area (Å²) in [4.78, 5) is 12.8. The molecule has 1 aliphatic rings. The molecule has 2 rings (SSSR count). The second-order valence-corrected chi connectivity index (χ2v) is 6.29. The first-order valence-electron chi connectivity index (χ1n) is 5.09. The smallest absolute Gasteiger partial charge is 0.165 e. The van der Waals surface area contributed by atoms with Gasteiger partial charge in [0.1, 0.15) is 10.0 Å². The van der Waals surface area contributed by atoms with Crippen molar-refractivity contribution in [3.05, 3.63) is 17.7 Å². The lowest BCUT2D eigenvalue weighted by molar-refractivity contribution is 0.0982. The number of rotatable bonds is 3. The molecular weight excluding hydrogens is 290 g/mol. The van der Waals surface area contributed by atoms with Crippen LogP contribution in [0.3, 0.4) is 0 Å². The summed E-state index contributed by atoms with van der Waals surface area (Å²) in [5.74, 6) is 0.221. The summed E-state index contributed by atoms with van der Waals surface area (Å²) in [5.41, 5.74) is 1.43. The van der Waals surface area contributed by atoms with Crippen LogP contribution in [0.15, 0.2) is 17.0 Å². The van der Waals surface area contributed by atoms with E-state index in [4.69, 9.17) is 0 Å². The first-order chi connectivity index (χ1) is 7.61. The van der Waals surface area contributed by atoms with Crippen molar-refractivity contribution in [1.29, 1.82) is 0 Å². The van der Waals surface area contributed by atoms with E-state index in [9.17, 15) is 9.90 Å². The van der Waals surface area contributed by atoms with E-state index in [1.807, 2.05) is 6.92 Å². The second kappa shape index (κ2) is 4.67. The quantitative estimate of drug-likeness (QED) is 0.388. The van der Waals surface area contributed by atoms with Crippen LogP contribution >= 0.6 is 27.7 Å². The van der Waals surface area contributed by atoms with Gasteiger partial charge in [-0.05, 0) is 18.6 Å².